The largest absolute Gasteiger partial charge is 0.324 e. The van der Waals surface area contributed by atoms with Gasteiger partial charge in [0, 0.05) is 6.04 Å². The Hall–Kier alpha value is -0.860. The molecule has 2 nitrogen and oxygen atoms in total. The molecule has 0 spiro atoms. The summed E-state index contributed by atoms with van der Waals surface area (Å²) in [6.45, 7) is 11.5. The summed E-state index contributed by atoms with van der Waals surface area (Å²) in [7, 11) is 0. The van der Waals surface area contributed by atoms with E-state index in [0.29, 0.717) is 0 Å². The van der Waals surface area contributed by atoms with Crippen molar-refractivity contribution in [2.75, 3.05) is 13.1 Å². The zero-order valence-corrected chi connectivity index (χ0v) is 13.6. The first-order chi connectivity index (χ1) is 9.52. The van der Waals surface area contributed by atoms with Gasteiger partial charge in [0.15, 0.2) is 0 Å². The quantitative estimate of drug-likeness (QED) is 0.669. The van der Waals surface area contributed by atoms with E-state index in [1.165, 1.54) is 5.56 Å². The maximum Gasteiger partial charge on any atom is 0.0295 e. The van der Waals surface area contributed by atoms with Gasteiger partial charge in [-0.2, -0.15) is 0 Å². The summed E-state index contributed by atoms with van der Waals surface area (Å²) < 4.78 is 0. The van der Waals surface area contributed by atoms with Crippen molar-refractivity contribution in [2.24, 2.45) is 23.5 Å². The van der Waals surface area contributed by atoms with Crippen LogP contribution in [0.4, 0.5) is 0 Å². The molecule has 20 heavy (non-hydrogen) atoms. The Kier molecular flexibility index (Phi) is 7.86. The summed E-state index contributed by atoms with van der Waals surface area (Å²) in [5.41, 5.74) is 7.45. The maximum absolute atomic E-state index is 6.21. The molecule has 1 atom stereocenters. The summed E-state index contributed by atoms with van der Waals surface area (Å²) in [5, 5.41) is 3.60. The van der Waals surface area contributed by atoms with Gasteiger partial charge >= 0.3 is 0 Å². The number of hydrogen-bond acceptors (Lipinski definition) is 2. The Labute approximate surface area is 125 Å². The van der Waals surface area contributed by atoms with Gasteiger partial charge in [0.05, 0.1) is 0 Å². The molecule has 1 aromatic carbocycles. The van der Waals surface area contributed by atoms with Crippen molar-refractivity contribution in [3.05, 3.63) is 35.9 Å². The lowest BCUT2D eigenvalue weighted by Gasteiger charge is -2.25. The van der Waals surface area contributed by atoms with E-state index in [1.54, 1.807) is 0 Å². The lowest BCUT2D eigenvalue weighted by molar-refractivity contribution is 0.275. The van der Waals surface area contributed by atoms with Crippen molar-refractivity contribution in [3.63, 3.8) is 0 Å². The van der Waals surface area contributed by atoms with Gasteiger partial charge in [0.25, 0.3) is 0 Å². The lowest BCUT2D eigenvalue weighted by atomic mass is 9.85. The molecule has 1 rings (SSSR count). The number of benzene rings is 1. The molecule has 2 heteroatoms. The van der Waals surface area contributed by atoms with Gasteiger partial charge in [-0.1, -0.05) is 58.0 Å². The smallest absolute Gasteiger partial charge is 0.0295 e. The van der Waals surface area contributed by atoms with Crippen LogP contribution in [-0.2, 0) is 0 Å². The van der Waals surface area contributed by atoms with Crippen molar-refractivity contribution in [1.82, 2.24) is 5.32 Å². The van der Waals surface area contributed by atoms with Gasteiger partial charge in [-0.05, 0) is 49.2 Å². The van der Waals surface area contributed by atoms with Crippen LogP contribution in [0.3, 0.4) is 0 Å². The average molecular weight is 276 g/mol. The molecule has 0 aliphatic rings. The Morgan fingerprint density at radius 3 is 2.15 bits per heavy atom. The molecular formula is C18H32N2. The Morgan fingerprint density at radius 2 is 1.60 bits per heavy atom. The second-order valence-electron chi connectivity index (χ2n) is 6.52. The minimum Gasteiger partial charge on any atom is -0.324 e. The van der Waals surface area contributed by atoms with Crippen LogP contribution >= 0.6 is 0 Å². The summed E-state index contributed by atoms with van der Waals surface area (Å²) in [6.07, 6.45) is 2.18. The van der Waals surface area contributed by atoms with Crippen LogP contribution < -0.4 is 11.1 Å². The fourth-order valence-corrected chi connectivity index (χ4v) is 2.82. The topological polar surface area (TPSA) is 38.0 Å². The van der Waals surface area contributed by atoms with Gasteiger partial charge in [-0.15, -0.1) is 0 Å². The highest BCUT2D eigenvalue weighted by Gasteiger charge is 2.16. The molecule has 0 bridgehead atoms. The number of nitrogens with two attached hydrogens (primary N) is 1. The maximum atomic E-state index is 6.21. The van der Waals surface area contributed by atoms with Gasteiger partial charge in [0.2, 0.25) is 0 Å². The van der Waals surface area contributed by atoms with Gasteiger partial charge < -0.3 is 11.1 Å². The molecule has 0 aromatic heterocycles. The molecule has 0 amide bonds. The van der Waals surface area contributed by atoms with Crippen LogP contribution in [0.15, 0.2) is 30.3 Å². The van der Waals surface area contributed by atoms with E-state index in [2.05, 4.69) is 57.3 Å². The predicted molar refractivity (Wildman–Crippen MR) is 88.6 cm³/mol. The monoisotopic (exact) mass is 276 g/mol. The molecule has 0 saturated heterocycles. The molecule has 1 unspecified atom stereocenters. The highest BCUT2D eigenvalue weighted by molar-refractivity contribution is 5.18. The Bertz CT molecular complexity index is 338. The van der Waals surface area contributed by atoms with E-state index in [0.717, 1.165) is 43.7 Å². The van der Waals surface area contributed by atoms with E-state index in [-0.39, 0.29) is 6.04 Å². The SMILES string of the molecule is CC(C)C(CNCCCC(N)c1ccccc1)C(C)C. The zero-order valence-electron chi connectivity index (χ0n) is 13.6. The van der Waals surface area contributed by atoms with Crippen LogP contribution in [0.2, 0.25) is 0 Å². The second kappa shape index (κ2) is 9.15. The van der Waals surface area contributed by atoms with Gasteiger partial charge in [-0.25, -0.2) is 0 Å². The minimum absolute atomic E-state index is 0.170. The average Bonchev–Trinajstić information content (AvgIpc) is 2.42. The summed E-state index contributed by atoms with van der Waals surface area (Å²) >= 11 is 0. The third-order valence-electron chi connectivity index (χ3n) is 4.19. The molecular weight excluding hydrogens is 244 g/mol. The first kappa shape index (κ1) is 17.2. The van der Waals surface area contributed by atoms with Gasteiger partial charge in [0.1, 0.15) is 0 Å². The van der Waals surface area contributed by atoms with Crippen LogP contribution in [0.1, 0.15) is 52.1 Å². The minimum atomic E-state index is 0.170. The van der Waals surface area contributed by atoms with Crippen LogP contribution in [0.25, 0.3) is 0 Å². The lowest BCUT2D eigenvalue weighted by Crippen LogP contribution is -2.30. The van der Waals surface area contributed by atoms with Crippen LogP contribution in [0.5, 0.6) is 0 Å². The normalized spacial score (nSPS) is 13.4. The van der Waals surface area contributed by atoms with Crippen molar-refractivity contribution in [3.8, 4) is 0 Å². The Morgan fingerprint density at radius 1 is 1.00 bits per heavy atom. The molecule has 0 aliphatic carbocycles. The third kappa shape index (κ3) is 6.06. The summed E-state index contributed by atoms with van der Waals surface area (Å²) in [6, 6.07) is 10.6. The number of nitrogens with one attached hydrogen (secondary N) is 1. The molecule has 1 aromatic rings. The zero-order chi connectivity index (χ0) is 15.0. The fourth-order valence-electron chi connectivity index (χ4n) is 2.82. The van der Waals surface area contributed by atoms with Crippen molar-refractivity contribution < 1.29 is 0 Å². The van der Waals surface area contributed by atoms with E-state index in [1.807, 2.05) is 6.07 Å². The van der Waals surface area contributed by atoms with E-state index < -0.39 is 0 Å². The third-order valence-corrected chi connectivity index (χ3v) is 4.19. The van der Waals surface area contributed by atoms with E-state index >= 15 is 0 Å². The van der Waals surface area contributed by atoms with Gasteiger partial charge in [-0.3, -0.25) is 0 Å². The molecule has 0 fully saturated rings. The molecule has 0 aliphatic heterocycles. The first-order valence-electron chi connectivity index (χ1n) is 8.03. The standard InChI is InChI=1S/C18H32N2/c1-14(2)17(15(3)4)13-20-12-8-11-18(19)16-9-6-5-7-10-16/h5-7,9-10,14-15,17-18,20H,8,11-13,19H2,1-4H3. The van der Waals surface area contributed by atoms with Crippen LogP contribution in [0, 0.1) is 17.8 Å². The fraction of sp³-hybridized carbons (Fsp3) is 0.667. The summed E-state index contributed by atoms with van der Waals surface area (Å²) in [5.74, 6) is 2.25. The van der Waals surface area contributed by atoms with E-state index in [9.17, 15) is 0 Å². The van der Waals surface area contributed by atoms with Crippen LogP contribution in [-0.4, -0.2) is 13.1 Å². The summed E-state index contributed by atoms with van der Waals surface area (Å²) in [4.78, 5) is 0. The molecule has 114 valence electrons. The molecule has 0 saturated carbocycles. The number of rotatable bonds is 9. The molecule has 0 radical (unpaired) electrons. The highest BCUT2D eigenvalue weighted by atomic mass is 14.9. The molecule has 0 heterocycles. The highest BCUT2D eigenvalue weighted by Crippen LogP contribution is 2.19. The predicted octanol–water partition coefficient (Wildman–Crippen LogP) is 3.98. The first-order valence-corrected chi connectivity index (χ1v) is 8.03. The number of hydrogen-bond donors (Lipinski definition) is 2. The Balaban J connectivity index is 2.19. The van der Waals surface area contributed by atoms with Crippen molar-refractivity contribution in [2.45, 2.75) is 46.6 Å². The second-order valence-corrected chi connectivity index (χ2v) is 6.52. The van der Waals surface area contributed by atoms with Crippen molar-refractivity contribution in [1.29, 1.82) is 0 Å². The van der Waals surface area contributed by atoms with Crippen molar-refractivity contribution >= 4 is 0 Å². The molecule has 3 N–H and O–H groups in total. The van der Waals surface area contributed by atoms with E-state index in [4.69, 9.17) is 5.73 Å².